The Labute approximate surface area is 99.5 Å². The molecule has 1 aromatic heterocycles. The van der Waals surface area contributed by atoms with Gasteiger partial charge in [0.25, 0.3) is 0 Å². The second-order valence-corrected chi connectivity index (χ2v) is 5.88. The van der Waals surface area contributed by atoms with E-state index in [0.717, 1.165) is 30.6 Å². The van der Waals surface area contributed by atoms with Crippen molar-refractivity contribution in [2.75, 3.05) is 0 Å². The van der Waals surface area contributed by atoms with Crippen molar-refractivity contribution in [3.63, 3.8) is 0 Å². The Morgan fingerprint density at radius 3 is 2.81 bits per heavy atom. The molecule has 0 unspecified atom stereocenters. The highest BCUT2D eigenvalue weighted by Crippen LogP contribution is 2.42. The smallest absolute Gasteiger partial charge is 0.309 e. The molecule has 3 nitrogen and oxygen atoms in total. The Hall–Kier alpha value is -0.900. The first kappa shape index (κ1) is 11.6. The zero-order valence-electron chi connectivity index (χ0n) is 9.48. The van der Waals surface area contributed by atoms with Crippen LogP contribution in [0.4, 0.5) is 0 Å². The molecular weight excluding hydrogens is 222 g/mol. The molecule has 0 bridgehead atoms. The fourth-order valence-electron chi connectivity index (χ4n) is 2.44. The Morgan fingerprint density at radius 1 is 1.62 bits per heavy atom. The van der Waals surface area contributed by atoms with Gasteiger partial charge in [0, 0.05) is 11.1 Å². The number of carbonyl (C=O) groups is 1. The van der Waals surface area contributed by atoms with Gasteiger partial charge in [-0.2, -0.15) is 0 Å². The molecule has 0 aliphatic heterocycles. The number of carboxylic acids is 1. The van der Waals surface area contributed by atoms with E-state index in [1.807, 2.05) is 0 Å². The van der Waals surface area contributed by atoms with Crippen LogP contribution in [0, 0.1) is 11.3 Å². The zero-order chi connectivity index (χ0) is 11.6. The maximum absolute atomic E-state index is 11.5. The second-order valence-electron chi connectivity index (χ2n) is 4.91. The molecule has 2 rings (SSSR count). The predicted octanol–water partition coefficient (Wildman–Crippen LogP) is 2.97. The van der Waals surface area contributed by atoms with E-state index in [1.54, 1.807) is 23.0 Å². The van der Waals surface area contributed by atoms with Crippen molar-refractivity contribution in [3.05, 3.63) is 16.6 Å². The lowest BCUT2D eigenvalue weighted by molar-refractivity contribution is -0.151. The Bertz CT molecular complexity index is 353. The minimum atomic E-state index is -0.632. The summed E-state index contributed by atoms with van der Waals surface area (Å²) in [5.41, 5.74) is 1.25. The summed E-state index contributed by atoms with van der Waals surface area (Å²) in [5.74, 6) is 0.0433. The highest BCUT2D eigenvalue weighted by atomic mass is 32.1. The number of thiazole rings is 1. The quantitative estimate of drug-likeness (QED) is 0.882. The number of aliphatic carboxylic acids is 1. The minimum absolute atomic E-state index is 0.529. The standard InChI is InChI=1S/C12H17NO2S/c1-9-2-4-12(5-3-9,11(14)15)6-10-7-13-8-16-10/h7-9H,2-6H2,1H3,(H,14,15). The molecule has 0 radical (unpaired) electrons. The number of aromatic nitrogens is 1. The molecule has 0 aromatic carbocycles. The van der Waals surface area contributed by atoms with Crippen LogP contribution in [-0.2, 0) is 11.2 Å². The molecule has 0 atom stereocenters. The lowest BCUT2D eigenvalue weighted by Gasteiger charge is -2.35. The molecular formula is C12H17NO2S. The average molecular weight is 239 g/mol. The number of hydrogen-bond acceptors (Lipinski definition) is 3. The van der Waals surface area contributed by atoms with Gasteiger partial charge >= 0.3 is 5.97 Å². The molecule has 1 aromatic rings. The number of rotatable bonds is 3. The Kier molecular flexibility index (Phi) is 3.28. The van der Waals surface area contributed by atoms with Gasteiger partial charge in [-0.1, -0.05) is 6.92 Å². The third-order valence-corrected chi connectivity index (χ3v) is 4.46. The summed E-state index contributed by atoms with van der Waals surface area (Å²) in [6.07, 6.45) is 6.13. The van der Waals surface area contributed by atoms with E-state index in [1.165, 1.54) is 0 Å². The Balaban J connectivity index is 2.13. The molecule has 1 aliphatic rings. The van der Waals surface area contributed by atoms with Crippen molar-refractivity contribution in [1.82, 2.24) is 4.98 Å². The van der Waals surface area contributed by atoms with Gasteiger partial charge < -0.3 is 5.11 Å². The van der Waals surface area contributed by atoms with Crippen LogP contribution in [0.2, 0.25) is 0 Å². The van der Waals surface area contributed by atoms with E-state index in [-0.39, 0.29) is 0 Å². The predicted molar refractivity (Wildman–Crippen MR) is 63.5 cm³/mol. The fraction of sp³-hybridized carbons (Fsp3) is 0.667. The van der Waals surface area contributed by atoms with Crippen LogP contribution < -0.4 is 0 Å². The lowest BCUT2D eigenvalue weighted by atomic mass is 9.69. The SMILES string of the molecule is CC1CCC(Cc2cncs2)(C(=O)O)CC1. The summed E-state index contributed by atoms with van der Waals surface area (Å²) >= 11 is 1.56. The van der Waals surface area contributed by atoms with E-state index in [4.69, 9.17) is 0 Å². The maximum atomic E-state index is 11.5. The molecule has 1 heterocycles. The molecule has 88 valence electrons. The zero-order valence-corrected chi connectivity index (χ0v) is 10.3. The van der Waals surface area contributed by atoms with Crippen molar-refractivity contribution < 1.29 is 9.90 Å². The number of hydrogen-bond donors (Lipinski definition) is 1. The molecule has 1 N–H and O–H groups in total. The van der Waals surface area contributed by atoms with Crippen LogP contribution in [0.5, 0.6) is 0 Å². The van der Waals surface area contributed by atoms with Gasteiger partial charge in [-0.15, -0.1) is 11.3 Å². The molecule has 0 saturated heterocycles. The first-order chi connectivity index (χ1) is 7.62. The van der Waals surface area contributed by atoms with E-state index in [0.29, 0.717) is 12.3 Å². The molecule has 1 aliphatic carbocycles. The van der Waals surface area contributed by atoms with Gasteiger partial charge in [0.15, 0.2) is 0 Å². The van der Waals surface area contributed by atoms with Gasteiger partial charge in [0.05, 0.1) is 10.9 Å². The van der Waals surface area contributed by atoms with Crippen LogP contribution in [0.3, 0.4) is 0 Å². The van der Waals surface area contributed by atoms with Gasteiger partial charge in [0.1, 0.15) is 0 Å². The number of carboxylic acid groups (broad SMARTS) is 1. The first-order valence-electron chi connectivity index (χ1n) is 5.73. The third kappa shape index (κ3) is 2.26. The summed E-state index contributed by atoms with van der Waals surface area (Å²) in [6, 6.07) is 0. The largest absolute Gasteiger partial charge is 0.481 e. The van der Waals surface area contributed by atoms with Crippen LogP contribution in [0.15, 0.2) is 11.7 Å². The van der Waals surface area contributed by atoms with Crippen molar-refractivity contribution in [3.8, 4) is 0 Å². The second kappa shape index (κ2) is 4.53. The summed E-state index contributed by atoms with van der Waals surface area (Å²) in [5, 5.41) is 9.46. The average Bonchev–Trinajstić information content (AvgIpc) is 2.74. The molecule has 1 saturated carbocycles. The minimum Gasteiger partial charge on any atom is -0.481 e. The molecule has 16 heavy (non-hydrogen) atoms. The van der Waals surface area contributed by atoms with E-state index >= 15 is 0 Å². The molecule has 0 spiro atoms. The van der Waals surface area contributed by atoms with E-state index < -0.39 is 11.4 Å². The van der Waals surface area contributed by atoms with Crippen LogP contribution in [0.1, 0.15) is 37.5 Å². The van der Waals surface area contributed by atoms with Crippen molar-refractivity contribution >= 4 is 17.3 Å². The third-order valence-electron chi connectivity index (χ3n) is 3.68. The highest BCUT2D eigenvalue weighted by molar-refractivity contribution is 7.09. The topological polar surface area (TPSA) is 50.2 Å². The number of nitrogens with zero attached hydrogens (tertiary/aromatic N) is 1. The molecule has 4 heteroatoms. The summed E-state index contributed by atoms with van der Waals surface area (Å²) < 4.78 is 0. The van der Waals surface area contributed by atoms with Crippen molar-refractivity contribution in [2.24, 2.45) is 11.3 Å². The monoisotopic (exact) mass is 239 g/mol. The van der Waals surface area contributed by atoms with E-state index in [9.17, 15) is 9.90 Å². The van der Waals surface area contributed by atoms with Crippen LogP contribution in [-0.4, -0.2) is 16.1 Å². The van der Waals surface area contributed by atoms with Crippen molar-refractivity contribution in [2.45, 2.75) is 39.0 Å². The van der Waals surface area contributed by atoms with Gasteiger partial charge in [-0.3, -0.25) is 9.78 Å². The first-order valence-corrected chi connectivity index (χ1v) is 6.61. The van der Waals surface area contributed by atoms with Crippen LogP contribution in [0.25, 0.3) is 0 Å². The van der Waals surface area contributed by atoms with Gasteiger partial charge in [0.2, 0.25) is 0 Å². The Morgan fingerprint density at radius 2 is 2.31 bits per heavy atom. The lowest BCUT2D eigenvalue weighted by Crippen LogP contribution is -2.36. The summed E-state index contributed by atoms with van der Waals surface area (Å²) in [4.78, 5) is 16.6. The highest BCUT2D eigenvalue weighted by Gasteiger charge is 2.41. The van der Waals surface area contributed by atoms with Crippen molar-refractivity contribution in [1.29, 1.82) is 0 Å². The fourth-order valence-corrected chi connectivity index (χ4v) is 3.18. The van der Waals surface area contributed by atoms with E-state index in [2.05, 4.69) is 11.9 Å². The van der Waals surface area contributed by atoms with Gasteiger partial charge in [-0.25, -0.2) is 0 Å². The summed E-state index contributed by atoms with van der Waals surface area (Å²) in [6.45, 7) is 2.21. The van der Waals surface area contributed by atoms with Crippen LogP contribution >= 0.6 is 11.3 Å². The summed E-state index contributed by atoms with van der Waals surface area (Å²) in [7, 11) is 0. The molecule has 1 fully saturated rings. The normalized spacial score (nSPS) is 30.2. The maximum Gasteiger partial charge on any atom is 0.309 e. The molecule has 0 amide bonds. The van der Waals surface area contributed by atoms with Gasteiger partial charge in [-0.05, 0) is 38.0 Å².